The Kier molecular flexibility index (Phi) is 1.95. The molecule has 1 aliphatic rings. The lowest BCUT2D eigenvalue weighted by Gasteiger charge is -2.08. The van der Waals surface area contributed by atoms with Gasteiger partial charge in [-0.05, 0) is 0 Å². The summed E-state index contributed by atoms with van der Waals surface area (Å²) in [5, 5.41) is 9.00. The smallest absolute Gasteiger partial charge is 0.154 e. The number of hydrogen-bond donors (Lipinski definition) is 3. The molecule has 0 saturated carbocycles. The van der Waals surface area contributed by atoms with Gasteiger partial charge in [-0.3, -0.25) is 11.3 Å². The Labute approximate surface area is 59.1 Å². The van der Waals surface area contributed by atoms with E-state index in [9.17, 15) is 8.42 Å². The summed E-state index contributed by atoms with van der Waals surface area (Å²) >= 11 is 0. The van der Waals surface area contributed by atoms with E-state index < -0.39 is 22.0 Å². The summed E-state index contributed by atoms with van der Waals surface area (Å²) in [4.78, 5) is 0. The average molecular weight is 166 g/mol. The lowest BCUT2D eigenvalue weighted by molar-refractivity contribution is 0.166. The topological polar surface area (TPSA) is 92.4 Å². The van der Waals surface area contributed by atoms with Gasteiger partial charge in [-0.2, -0.15) is 0 Å². The Hall–Kier alpha value is -0.170. The van der Waals surface area contributed by atoms with Gasteiger partial charge in [-0.1, -0.05) is 0 Å². The second-order valence-corrected chi connectivity index (χ2v) is 4.57. The van der Waals surface area contributed by atoms with E-state index in [1.807, 2.05) is 0 Å². The standard InChI is InChI=1S/C4H10N2O3S/c5-6-3-1-10(8,9)2-4(3)7/h3-4,6-7H,1-2,5H2/t3-,4+/m0/s1. The number of hydrogen-bond acceptors (Lipinski definition) is 5. The second-order valence-electron chi connectivity index (χ2n) is 2.42. The third kappa shape index (κ3) is 1.46. The van der Waals surface area contributed by atoms with E-state index >= 15 is 0 Å². The maximum atomic E-state index is 10.8. The fraction of sp³-hybridized carbons (Fsp3) is 1.00. The second kappa shape index (κ2) is 2.46. The van der Waals surface area contributed by atoms with Crippen molar-refractivity contribution in [3.63, 3.8) is 0 Å². The highest BCUT2D eigenvalue weighted by Crippen LogP contribution is 2.10. The SMILES string of the molecule is NN[C@H]1CS(=O)(=O)C[C@H]1O. The minimum absolute atomic E-state index is 0.0648. The molecular weight excluding hydrogens is 156 g/mol. The van der Waals surface area contributed by atoms with Crippen molar-refractivity contribution in [1.29, 1.82) is 0 Å². The van der Waals surface area contributed by atoms with Crippen molar-refractivity contribution in [3.8, 4) is 0 Å². The largest absolute Gasteiger partial charge is 0.390 e. The third-order valence-electron chi connectivity index (χ3n) is 1.54. The van der Waals surface area contributed by atoms with E-state index in [2.05, 4.69) is 5.43 Å². The first-order chi connectivity index (χ1) is 4.55. The molecular formula is C4H10N2O3S. The molecule has 0 radical (unpaired) electrons. The molecule has 0 aliphatic carbocycles. The molecule has 1 heterocycles. The zero-order chi connectivity index (χ0) is 7.78. The lowest BCUT2D eigenvalue weighted by Crippen LogP contribution is -2.43. The lowest BCUT2D eigenvalue weighted by atomic mass is 10.2. The first kappa shape index (κ1) is 7.93. The van der Waals surface area contributed by atoms with Crippen LogP contribution in [0.15, 0.2) is 0 Å². The predicted octanol–water partition coefficient (Wildman–Crippen LogP) is -2.39. The molecule has 5 nitrogen and oxygen atoms in total. The van der Waals surface area contributed by atoms with Crippen LogP contribution in [0.25, 0.3) is 0 Å². The zero-order valence-corrected chi connectivity index (χ0v) is 6.13. The van der Waals surface area contributed by atoms with Crippen LogP contribution in [0, 0.1) is 0 Å². The van der Waals surface area contributed by atoms with Gasteiger partial charge in [0.2, 0.25) is 0 Å². The molecule has 0 bridgehead atoms. The van der Waals surface area contributed by atoms with Gasteiger partial charge in [0, 0.05) is 0 Å². The molecule has 4 N–H and O–H groups in total. The molecule has 0 aromatic rings. The van der Waals surface area contributed by atoms with Crippen molar-refractivity contribution in [1.82, 2.24) is 5.43 Å². The van der Waals surface area contributed by atoms with Gasteiger partial charge >= 0.3 is 0 Å². The van der Waals surface area contributed by atoms with Gasteiger partial charge in [-0.15, -0.1) is 0 Å². The van der Waals surface area contributed by atoms with Gasteiger partial charge in [0.1, 0.15) is 0 Å². The maximum Gasteiger partial charge on any atom is 0.154 e. The van der Waals surface area contributed by atoms with Gasteiger partial charge < -0.3 is 5.11 Å². The van der Waals surface area contributed by atoms with Gasteiger partial charge in [0.05, 0.1) is 23.7 Å². The molecule has 0 aromatic carbocycles. The van der Waals surface area contributed by atoms with Crippen LogP contribution in [0.2, 0.25) is 0 Å². The number of aliphatic hydroxyl groups excluding tert-OH is 1. The van der Waals surface area contributed by atoms with Gasteiger partial charge in [0.15, 0.2) is 9.84 Å². The molecule has 10 heavy (non-hydrogen) atoms. The van der Waals surface area contributed by atoms with Crippen LogP contribution in [0.1, 0.15) is 0 Å². The summed E-state index contributed by atoms with van der Waals surface area (Å²) in [6, 6.07) is -0.495. The normalized spacial score (nSPS) is 38.2. The minimum Gasteiger partial charge on any atom is -0.390 e. The van der Waals surface area contributed by atoms with E-state index in [0.717, 1.165) is 0 Å². The van der Waals surface area contributed by atoms with E-state index in [1.54, 1.807) is 0 Å². The summed E-state index contributed by atoms with van der Waals surface area (Å²) in [5.41, 5.74) is 2.24. The number of nitrogens with one attached hydrogen (secondary N) is 1. The number of sulfone groups is 1. The summed E-state index contributed by atoms with van der Waals surface area (Å²) in [6.45, 7) is 0. The number of hydrazine groups is 1. The highest BCUT2D eigenvalue weighted by atomic mass is 32.2. The molecule has 2 atom stereocenters. The fourth-order valence-corrected chi connectivity index (χ4v) is 2.74. The van der Waals surface area contributed by atoms with E-state index in [1.165, 1.54) is 0 Å². The van der Waals surface area contributed by atoms with Crippen LogP contribution in [-0.2, 0) is 9.84 Å². The molecule has 1 fully saturated rings. The van der Waals surface area contributed by atoms with E-state index in [-0.39, 0.29) is 11.5 Å². The van der Waals surface area contributed by atoms with Crippen molar-refractivity contribution < 1.29 is 13.5 Å². The first-order valence-electron chi connectivity index (χ1n) is 2.90. The van der Waals surface area contributed by atoms with Crippen LogP contribution < -0.4 is 11.3 Å². The highest BCUT2D eigenvalue weighted by molar-refractivity contribution is 7.91. The van der Waals surface area contributed by atoms with Crippen molar-refractivity contribution >= 4 is 9.84 Å². The Morgan fingerprint density at radius 2 is 2.10 bits per heavy atom. The maximum absolute atomic E-state index is 10.8. The monoisotopic (exact) mass is 166 g/mol. The molecule has 0 unspecified atom stereocenters. The third-order valence-corrected chi connectivity index (χ3v) is 3.25. The number of nitrogens with two attached hydrogens (primary N) is 1. The quantitative estimate of drug-likeness (QED) is 0.298. The highest BCUT2D eigenvalue weighted by Gasteiger charge is 2.35. The average Bonchev–Trinajstić information content (AvgIpc) is 2.05. The van der Waals surface area contributed by atoms with Crippen molar-refractivity contribution in [3.05, 3.63) is 0 Å². The van der Waals surface area contributed by atoms with Crippen LogP contribution in [0.3, 0.4) is 0 Å². The van der Waals surface area contributed by atoms with Gasteiger partial charge in [-0.25, -0.2) is 8.42 Å². The van der Waals surface area contributed by atoms with Crippen molar-refractivity contribution in [2.24, 2.45) is 5.84 Å². The van der Waals surface area contributed by atoms with E-state index in [0.29, 0.717) is 0 Å². The summed E-state index contributed by atoms with van der Waals surface area (Å²) in [5.74, 6) is 4.73. The molecule has 1 aliphatic heterocycles. The van der Waals surface area contributed by atoms with E-state index in [4.69, 9.17) is 10.9 Å². The molecule has 60 valence electrons. The summed E-state index contributed by atoms with van der Waals surface area (Å²) in [7, 11) is -3.05. The van der Waals surface area contributed by atoms with Crippen LogP contribution >= 0.6 is 0 Å². The molecule has 0 spiro atoms. The first-order valence-corrected chi connectivity index (χ1v) is 4.72. The number of aliphatic hydroxyl groups is 1. The molecule has 6 heteroatoms. The Bertz CT molecular complexity index is 213. The van der Waals surface area contributed by atoms with Crippen molar-refractivity contribution in [2.45, 2.75) is 12.1 Å². The Morgan fingerprint density at radius 1 is 1.50 bits per heavy atom. The zero-order valence-electron chi connectivity index (χ0n) is 5.32. The molecule has 1 saturated heterocycles. The predicted molar refractivity (Wildman–Crippen MR) is 35.8 cm³/mol. The number of rotatable bonds is 1. The molecule has 1 rings (SSSR count). The molecule has 0 amide bonds. The Balaban J connectivity index is 2.71. The van der Waals surface area contributed by atoms with Crippen molar-refractivity contribution in [2.75, 3.05) is 11.5 Å². The van der Waals surface area contributed by atoms with Gasteiger partial charge in [0.25, 0.3) is 0 Å². The fourth-order valence-electron chi connectivity index (χ4n) is 0.988. The van der Waals surface area contributed by atoms with Crippen LogP contribution in [-0.4, -0.2) is 37.2 Å². The van der Waals surface area contributed by atoms with Crippen LogP contribution in [0.4, 0.5) is 0 Å². The summed E-state index contributed by atoms with van der Waals surface area (Å²) in [6.07, 6.45) is -0.852. The Morgan fingerprint density at radius 3 is 2.30 bits per heavy atom. The van der Waals surface area contributed by atoms with Crippen LogP contribution in [0.5, 0.6) is 0 Å². The summed E-state index contributed by atoms with van der Waals surface area (Å²) < 4.78 is 21.5. The molecule has 0 aromatic heterocycles. The minimum atomic E-state index is -3.05.